The van der Waals surface area contributed by atoms with Gasteiger partial charge in [-0.2, -0.15) is 4.31 Å². The van der Waals surface area contributed by atoms with Crippen LogP contribution >= 0.6 is 23.7 Å². The van der Waals surface area contributed by atoms with Crippen molar-refractivity contribution >= 4 is 66.3 Å². The smallest absolute Gasteiger partial charge is 0.243 e. The molecular formula is C20H19ClN4O3S2. The number of ether oxygens (including phenoxy) is 1. The van der Waals surface area contributed by atoms with Crippen molar-refractivity contribution in [2.75, 3.05) is 31.6 Å². The van der Waals surface area contributed by atoms with Gasteiger partial charge in [0.15, 0.2) is 0 Å². The molecule has 3 heterocycles. The summed E-state index contributed by atoms with van der Waals surface area (Å²) in [4.78, 5) is 9.00. The third-order valence-corrected chi connectivity index (χ3v) is 7.63. The maximum Gasteiger partial charge on any atom is 0.243 e. The second-order valence-electron chi connectivity index (χ2n) is 6.71. The minimum absolute atomic E-state index is 0. The van der Waals surface area contributed by atoms with E-state index in [1.165, 1.54) is 4.31 Å². The number of hydrogen-bond donors (Lipinski definition) is 1. The molecule has 4 aromatic rings. The standard InChI is InChI=1S/C20H18N4O3S2.ClH/c25-29(26,24-7-9-27-10-8-24)15-2-3-17-16(12-15)18(5-6-21-17)23-14-1-4-20-19(11-14)22-13-28-20;/h1-6,11-13H,7-10H2,(H,21,23);1H. The number of anilines is 2. The predicted octanol–water partition coefficient (Wildman–Crippen LogP) is 4.03. The number of halogens is 1. The third kappa shape index (κ3) is 3.86. The first-order chi connectivity index (χ1) is 14.1. The highest BCUT2D eigenvalue weighted by Crippen LogP contribution is 2.30. The molecule has 2 aromatic carbocycles. The molecule has 0 saturated carbocycles. The average molecular weight is 463 g/mol. The molecule has 30 heavy (non-hydrogen) atoms. The number of fused-ring (bicyclic) bond motifs is 2. The molecule has 5 rings (SSSR count). The monoisotopic (exact) mass is 462 g/mol. The van der Waals surface area contributed by atoms with E-state index in [2.05, 4.69) is 15.3 Å². The molecule has 1 aliphatic heterocycles. The van der Waals surface area contributed by atoms with Crippen LogP contribution in [0.3, 0.4) is 0 Å². The highest BCUT2D eigenvalue weighted by atomic mass is 35.5. The largest absolute Gasteiger partial charge is 0.379 e. The third-order valence-electron chi connectivity index (χ3n) is 4.93. The topological polar surface area (TPSA) is 84.4 Å². The van der Waals surface area contributed by atoms with Gasteiger partial charge in [0.2, 0.25) is 10.0 Å². The van der Waals surface area contributed by atoms with Gasteiger partial charge >= 0.3 is 0 Å². The zero-order valence-corrected chi connectivity index (χ0v) is 18.3. The van der Waals surface area contributed by atoms with Gasteiger partial charge in [0.25, 0.3) is 0 Å². The molecule has 0 spiro atoms. The molecule has 2 aromatic heterocycles. The van der Waals surface area contributed by atoms with Crippen molar-refractivity contribution in [1.82, 2.24) is 14.3 Å². The van der Waals surface area contributed by atoms with Gasteiger partial charge in [-0.15, -0.1) is 23.7 Å². The molecule has 156 valence electrons. The van der Waals surface area contributed by atoms with Crippen molar-refractivity contribution in [3.05, 3.63) is 54.2 Å². The Bertz CT molecular complexity index is 1300. The summed E-state index contributed by atoms with van der Waals surface area (Å²) < 4.78 is 33.9. The molecule has 0 aliphatic carbocycles. The Morgan fingerprint density at radius 2 is 1.83 bits per heavy atom. The number of benzene rings is 2. The van der Waals surface area contributed by atoms with Crippen LogP contribution in [0.2, 0.25) is 0 Å². The zero-order valence-electron chi connectivity index (χ0n) is 15.8. The molecule has 0 unspecified atom stereocenters. The maximum atomic E-state index is 13.0. The van der Waals surface area contributed by atoms with E-state index in [1.807, 2.05) is 29.8 Å². The van der Waals surface area contributed by atoms with Gasteiger partial charge in [0, 0.05) is 36.0 Å². The van der Waals surface area contributed by atoms with Gasteiger partial charge < -0.3 is 10.1 Å². The van der Waals surface area contributed by atoms with Crippen LogP contribution in [0.5, 0.6) is 0 Å². The van der Waals surface area contributed by atoms with E-state index < -0.39 is 10.0 Å². The maximum absolute atomic E-state index is 13.0. The van der Waals surface area contributed by atoms with Crippen LogP contribution in [0.1, 0.15) is 0 Å². The van der Waals surface area contributed by atoms with Crippen LogP contribution in [-0.2, 0) is 14.8 Å². The first kappa shape index (κ1) is 21.0. The molecule has 0 amide bonds. The molecule has 0 bridgehead atoms. The Morgan fingerprint density at radius 1 is 1.00 bits per heavy atom. The Hall–Kier alpha value is -2.30. The quantitative estimate of drug-likeness (QED) is 0.493. The van der Waals surface area contributed by atoms with Crippen molar-refractivity contribution in [2.24, 2.45) is 0 Å². The lowest BCUT2D eigenvalue weighted by Crippen LogP contribution is -2.40. The predicted molar refractivity (Wildman–Crippen MR) is 121 cm³/mol. The molecular weight excluding hydrogens is 444 g/mol. The second-order valence-corrected chi connectivity index (χ2v) is 9.54. The van der Waals surface area contributed by atoms with Crippen LogP contribution in [0.15, 0.2) is 59.1 Å². The summed E-state index contributed by atoms with van der Waals surface area (Å²) in [5, 5.41) is 4.13. The van der Waals surface area contributed by atoms with Crippen LogP contribution in [-0.4, -0.2) is 49.0 Å². The van der Waals surface area contributed by atoms with E-state index in [1.54, 1.807) is 35.7 Å². The normalized spacial score (nSPS) is 15.2. The number of hydrogen-bond acceptors (Lipinski definition) is 7. The number of aromatic nitrogens is 2. The van der Waals surface area contributed by atoms with E-state index in [0.29, 0.717) is 26.3 Å². The first-order valence-electron chi connectivity index (χ1n) is 9.18. The van der Waals surface area contributed by atoms with E-state index >= 15 is 0 Å². The Balaban J connectivity index is 0.00000218. The Kier molecular flexibility index (Phi) is 5.90. The number of rotatable bonds is 4. The van der Waals surface area contributed by atoms with Gasteiger partial charge in [-0.3, -0.25) is 4.98 Å². The van der Waals surface area contributed by atoms with Crippen LogP contribution in [0.25, 0.3) is 21.1 Å². The fourth-order valence-electron chi connectivity index (χ4n) is 3.42. The number of morpholine rings is 1. The van der Waals surface area contributed by atoms with Crippen molar-refractivity contribution in [3.63, 3.8) is 0 Å². The number of nitrogens with zero attached hydrogens (tertiary/aromatic N) is 3. The summed E-state index contributed by atoms with van der Waals surface area (Å²) >= 11 is 1.59. The van der Waals surface area contributed by atoms with Gasteiger partial charge in [-0.05, 0) is 42.5 Å². The number of thiazole rings is 1. The van der Waals surface area contributed by atoms with Crippen LogP contribution in [0, 0.1) is 0 Å². The van der Waals surface area contributed by atoms with Crippen molar-refractivity contribution < 1.29 is 13.2 Å². The highest BCUT2D eigenvalue weighted by molar-refractivity contribution is 7.89. The highest BCUT2D eigenvalue weighted by Gasteiger charge is 2.26. The molecule has 1 fully saturated rings. The second kappa shape index (κ2) is 8.44. The molecule has 10 heteroatoms. The Morgan fingerprint density at radius 3 is 2.67 bits per heavy atom. The first-order valence-corrected chi connectivity index (χ1v) is 11.5. The lowest BCUT2D eigenvalue weighted by molar-refractivity contribution is 0.0730. The van der Waals surface area contributed by atoms with E-state index in [9.17, 15) is 8.42 Å². The molecule has 7 nitrogen and oxygen atoms in total. The summed E-state index contributed by atoms with van der Waals surface area (Å²) in [7, 11) is -3.58. The van der Waals surface area contributed by atoms with Gasteiger partial charge in [-0.25, -0.2) is 13.4 Å². The van der Waals surface area contributed by atoms with E-state index in [-0.39, 0.29) is 17.3 Å². The van der Waals surface area contributed by atoms with Crippen molar-refractivity contribution in [2.45, 2.75) is 4.90 Å². The van der Waals surface area contributed by atoms with Gasteiger partial charge in [-0.1, -0.05) is 0 Å². The number of sulfonamides is 1. The molecule has 0 radical (unpaired) electrons. The van der Waals surface area contributed by atoms with Crippen molar-refractivity contribution in [1.29, 1.82) is 0 Å². The summed E-state index contributed by atoms with van der Waals surface area (Å²) in [6.45, 7) is 1.57. The van der Waals surface area contributed by atoms with Gasteiger partial charge in [0.1, 0.15) is 0 Å². The molecule has 0 atom stereocenters. The van der Waals surface area contributed by atoms with Crippen molar-refractivity contribution in [3.8, 4) is 0 Å². The summed E-state index contributed by atoms with van der Waals surface area (Å²) in [5.41, 5.74) is 5.15. The van der Waals surface area contributed by atoms with E-state index in [4.69, 9.17) is 4.74 Å². The zero-order chi connectivity index (χ0) is 19.8. The molecule has 1 N–H and O–H groups in total. The summed E-state index contributed by atoms with van der Waals surface area (Å²) in [6, 6.07) is 12.9. The number of pyridine rings is 1. The fourth-order valence-corrected chi connectivity index (χ4v) is 5.52. The lowest BCUT2D eigenvalue weighted by atomic mass is 10.2. The fraction of sp³-hybridized carbons (Fsp3) is 0.200. The minimum atomic E-state index is -3.58. The lowest BCUT2D eigenvalue weighted by Gasteiger charge is -2.26. The molecule has 1 saturated heterocycles. The Labute approximate surface area is 184 Å². The van der Waals surface area contributed by atoms with Crippen LogP contribution < -0.4 is 5.32 Å². The minimum Gasteiger partial charge on any atom is -0.379 e. The SMILES string of the molecule is Cl.O=S(=O)(c1ccc2nccc(Nc3ccc4scnc4c3)c2c1)N1CCOCC1. The summed E-state index contributed by atoms with van der Waals surface area (Å²) in [5.74, 6) is 0. The van der Waals surface area contributed by atoms with Gasteiger partial charge in [0.05, 0.1) is 39.4 Å². The molecule has 1 aliphatic rings. The average Bonchev–Trinajstić information content (AvgIpc) is 3.22. The van der Waals surface area contributed by atoms with Crippen LogP contribution in [0.4, 0.5) is 11.4 Å². The summed E-state index contributed by atoms with van der Waals surface area (Å²) in [6.07, 6.45) is 1.71. The van der Waals surface area contributed by atoms with E-state index in [0.717, 1.165) is 32.5 Å². The number of nitrogens with one attached hydrogen (secondary N) is 1.